The lowest BCUT2D eigenvalue weighted by molar-refractivity contribution is -0.142. The first-order valence-electron chi connectivity index (χ1n) is 7.15. The number of amides is 1. The van der Waals surface area contributed by atoms with E-state index in [9.17, 15) is 9.59 Å². The highest BCUT2D eigenvalue weighted by Gasteiger charge is 2.19. The highest BCUT2D eigenvalue weighted by atomic mass is 16.4. The first kappa shape index (κ1) is 17.0. The van der Waals surface area contributed by atoms with Crippen molar-refractivity contribution >= 4 is 18.0 Å². The zero-order valence-corrected chi connectivity index (χ0v) is 12.8. The van der Waals surface area contributed by atoms with Crippen molar-refractivity contribution in [1.82, 2.24) is 4.90 Å². The minimum absolute atomic E-state index is 0.152. The molecule has 0 spiro atoms. The van der Waals surface area contributed by atoms with E-state index in [-0.39, 0.29) is 12.5 Å². The molecule has 0 radical (unpaired) electrons. The molecule has 4 nitrogen and oxygen atoms in total. The van der Waals surface area contributed by atoms with Gasteiger partial charge in [0, 0.05) is 19.2 Å². The van der Waals surface area contributed by atoms with E-state index in [2.05, 4.69) is 0 Å². The van der Waals surface area contributed by atoms with Gasteiger partial charge in [-0.1, -0.05) is 51.1 Å². The summed E-state index contributed by atoms with van der Waals surface area (Å²) in [7, 11) is 0. The van der Waals surface area contributed by atoms with Crippen LogP contribution < -0.4 is 0 Å². The van der Waals surface area contributed by atoms with Crippen LogP contribution in [0.25, 0.3) is 6.08 Å². The Morgan fingerprint density at radius 1 is 1.14 bits per heavy atom. The lowest BCUT2D eigenvalue weighted by Crippen LogP contribution is -2.38. The highest BCUT2D eigenvalue weighted by molar-refractivity contribution is 5.92. The number of hydrogen-bond acceptors (Lipinski definition) is 2. The van der Waals surface area contributed by atoms with E-state index in [1.54, 1.807) is 17.9 Å². The van der Waals surface area contributed by atoms with Crippen LogP contribution >= 0.6 is 0 Å². The third kappa shape index (κ3) is 6.25. The molecular weight excluding hydrogens is 266 g/mol. The fraction of sp³-hybridized carbons (Fsp3) is 0.412. The third-order valence-electron chi connectivity index (χ3n) is 3.03. The molecule has 0 heterocycles. The molecule has 21 heavy (non-hydrogen) atoms. The predicted octanol–water partition coefficient (Wildman–Crippen LogP) is 2.91. The number of carbonyl (C=O) groups excluding carboxylic acids is 1. The van der Waals surface area contributed by atoms with Crippen molar-refractivity contribution < 1.29 is 14.7 Å². The highest BCUT2D eigenvalue weighted by Crippen LogP contribution is 2.08. The Kier molecular flexibility index (Phi) is 6.66. The Morgan fingerprint density at radius 3 is 2.29 bits per heavy atom. The van der Waals surface area contributed by atoms with Gasteiger partial charge in [-0.15, -0.1) is 0 Å². The molecule has 4 heteroatoms. The maximum Gasteiger partial charge on any atom is 0.308 e. The minimum Gasteiger partial charge on any atom is -0.481 e. The predicted molar refractivity (Wildman–Crippen MR) is 83.7 cm³/mol. The van der Waals surface area contributed by atoms with Gasteiger partial charge >= 0.3 is 5.97 Å². The second kappa shape index (κ2) is 8.25. The van der Waals surface area contributed by atoms with Gasteiger partial charge in [0.15, 0.2) is 0 Å². The van der Waals surface area contributed by atoms with E-state index in [1.807, 2.05) is 44.2 Å². The molecule has 1 unspecified atom stereocenters. The molecule has 1 rings (SSSR count). The quantitative estimate of drug-likeness (QED) is 0.785. The average Bonchev–Trinajstić information content (AvgIpc) is 2.44. The van der Waals surface area contributed by atoms with Gasteiger partial charge in [0.25, 0.3) is 0 Å². The fourth-order valence-electron chi connectivity index (χ4n) is 1.94. The van der Waals surface area contributed by atoms with Gasteiger partial charge in [0.05, 0.1) is 5.92 Å². The van der Waals surface area contributed by atoms with Crippen molar-refractivity contribution in [2.24, 2.45) is 11.8 Å². The van der Waals surface area contributed by atoms with Crippen LogP contribution in [0.1, 0.15) is 26.3 Å². The Hall–Kier alpha value is -2.10. The number of hydrogen-bond donors (Lipinski definition) is 1. The van der Waals surface area contributed by atoms with E-state index in [0.29, 0.717) is 12.5 Å². The van der Waals surface area contributed by atoms with Crippen LogP contribution in [0.3, 0.4) is 0 Å². The van der Waals surface area contributed by atoms with Crippen LogP contribution in [-0.2, 0) is 9.59 Å². The zero-order chi connectivity index (χ0) is 15.8. The van der Waals surface area contributed by atoms with E-state index < -0.39 is 11.9 Å². The van der Waals surface area contributed by atoms with Crippen LogP contribution in [0.2, 0.25) is 0 Å². The maximum atomic E-state index is 12.3. The van der Waals surface area contributed by atoms with Gasteiger partial charge in [-0.05, 0) is 17.6 Å². The molecule has 1 aromatic carbocycles. The first-order valence-corrected chi connectivity index (χ1v) is 7.15. The molecule has 0 aliphatic heterocycles. The SMILES string of the molecule is CC(C)CN(CC(C)C(=O)O)C(=O)/C=C/c1ccccc1. The monoisotopic (exact) mass is 289 g/mol. The van der Waals surface area contributed by atoms with Crippen LogP contribution in [0.5, 0.6) is 0 Å². The van der Waals surface area contributed by atoms with Gasteiger partial charge in [-0.3, -0.25) is 9.59 Å². The van der Waals surface area contributed by atoms with Gasteiger partial charge in [0.2, 0.25) is 5.91 Å². The molecule has 0 bridgehead atoms. The molecule has 1 aromatic rings. The normalized spacial score (nSPS) is 12.6. The minimum atomic E-state index is -0.886. The van der Waals surface area contributed by atoms with Crippen LogP contribution in [0, 0.1) is 11.8 Å². The van der Waals surface area contributed by atoms with E-state index in [1.165, 1.54) is 6.08 Å². The van der Waals surface area contributed by atoms with Gasteiger partial charge < -0.3 is 10.0 Å². The molecule has 0 aliphatic rings. The number of benzene rings is 1. The summed E-state index contributed by atoms with van der Waals surface area (Å²) in [4.78, 5) is 24.8. The zero-order valence-electron chi connectivity index (χ0n) is 12.8. The van der Waals surface area contributed by atoms with Gasteiger partial charge in [-0.25, -0.2) is 0 Å². The summed E-state index contributed by atoms with van der Waals surface area (Å²) in [5.41, 5.74) is 0.946. The number of rotatable bonds is 7. The van der Waals surface area contributed by atoms with Crippen molar-refractivity contribution in [3.63, 3.8) is 0 Å². The number of nitrogens with zero attached hydrogens (tertiary/aromatic N) is 1. The van der Waals surface area contributed by atoms with Gasteiger partial charge in [0.1, 0.15) is 0 Å². The molecule has 1 N–H and O–H groups in total. The van der Waals surface area contributed by atoms with Crippen molar-refractivity contribution in [1.29, 1.82) is 0 Å². The van der Waals surface area contributed by atoms with E-state index in [0.717, 1.165) is 5.56 Å². The Bertz CT molecular complexity index is 494. The molecule has 1 amide bonds. The smallest absolute Gasteiger partial charge is 0.308 e. The summed E-state index contributed by atoms with van der Waals surface area (Å²) < 4.78 is 0. The largest absolute Gasteiger partial charge is 0.481 e. The molecule has 1 atom stereocenters. The summed E-state index contributed by atoms with van der Waals surface area (Å²) in [5, 5.41) is 9.00. The second-order valence-electron chi connectivity index (χ2n) is 5.62. The van der Waals surface area contributed by atoms with Crippen LogP contribution in [0.15, 0.2) is 36.4 Å². The summed E-state index contributed by atoms with van der Waals surface area (Å²) in [5.74, 6) is -1.32. The molecule has 0 saturated heterocycles. The molecule has 0 aliphatic carbocycles. The van der Waals surface area contributed by atoms with E-state index in [4.69, 9.17) is 5.11 Å². The maximum absolute atomic E-state index is 12.3. The summed E-state index contributed by atoms with van der Waals surface area (Å²) >= 11 is 0. The summed E-state index contributed by atoms with van der Waals surface area (Å²) in [6, 6.07) is 9.55. The number of carbonyl (C=O) groups is 2. The molecule has 0 aromatic heterocycles. The molecule has 0 fully saturated rings. The summed E-state index contributed by atoms with van der Waals surface area (Å²) in [6.07, 6.45) is 3.26. The Balaban J connectivity index is 2.75. The Morgan fingerprint density at radius 2 is 1.76 bits per heavy atom. The standard InChI is InChI=1S/C17H23NO3/c1-13(2)11-18(12-14(3)17(20)21)16(19)10-9-15-7-5-4-6-8-15/h4-10,13-14H,11-12H2,1-3H3,(H,20,21)/b10-9+. The van der Waals surface area contributed by atoms with Crippen molar-refractivity contribution in [2.45, 2.75) is 20.8 Å². The molecule has 0 saturated carbocycles. The first-order chi connectivity index (χ1) is 9.90. The van der Waals surface area contributed by atoms with Crippen molar-refractivity contribution in [3.8, 4) is 0 Å². The average molecular weight is 289 g/mol. The van der Waals surface area contributed by atoms with Crippen molar-refractivity contribution in [3.05, 3.63) is 42.0 Å². The molecule has 114 valence electrons. The fourth-order valence-corrected chi connectivity index (χ4v) is 1.94. The number of aliphatic carboxylic acids is 1. The number of carboxylic acid groups (broad SMARTS) is 1. The van der Waals surface area contributed by atoms with Gasteiger partial charge in [-0.2, -0.15) is 0 Å². The Labute approximate surface area is 126 Å². The van der Waals surface area contributed by atoms with Crippen LogP contribution in [0.4, 0.5) is 0 Å². The van der Waals surface area contributed by atoms with Crippen molar-refractivity contribution in [2.75, 3.05) is 13.1 Å². The topological polar surface area (TPSA) is 57.6 Å². The van der Waals surface area contributed by atoms with Crippen LogP contribution in [-0.4, -0.2) is 35.0 Å². The third-order valence-corrected chi connectivity index (χ3v) is 3.03. The lowest BCUT2D eigenvalue weighted by Gasteiger charge is -2.25. The second-order valence-corrected chi connectivity index (χ2v) is 5.62. The number of carboxylic acids is 1. The van der Waals surface area contributed by atoms with E-state index >= 15 is 0 Å². The molecular formula is C17H23NO3. The lowest BCUT2D eigenvalue weighted by atomic mass is 10.1. The summed E-state index contributed by atoms with van der Waals surface area (Å²) in [6.45, 7) is 6.41.